The largest absolute Gasteiger partial charge is 0.448 e. The van der Waals surface area contributed by atoms with Crippen molar-refractivity contribution >= 4 is 50.4 Å². The minimum Gasteiger partial charge on any atom is -0.448 e. The van der Waals surface area contributed by atoms with Crippen LogP contribution in [0.5, 0.6) is 0 Å². The third-order valence-electron chi connectivity index (χ3n) is 4.03. The number of hydrazone groups is 1. The van der Waals surface area contributed by atoms with Crippen LogP contribution in [0.1, 0.15) is 5.76 Å². The normalized spacial score (nSPS) is 11.9. The van der Waals surface area contributed by atoms with Gasteiger partial charge in [0.25, 0.3) is 10.0 Å². The summed E-state index contributed by atoms with van der Waals surface area (Å²) in [6.07, 6.45) is 1.32. The number of fused-ring (bicyclic) bond motifs is 1. The molecule has 0 fully saturated rings. The van der Waals surface area contributed by atoms with Gasteiger partial charge >= 0.3 is 0 Å². The minimum atomic E-state index is -3.78. The third-order valence-corrected chi connectivity index (χ3v) is 6.43. The first-order valence-corrected chi connectivity index (χ1v) is 11.2. The Labute approximate surface area is 177 Å². The molecule has 0 aliphatic heterocycles. The lowest BCUT2D eigenvalue weighted by molar-refractivity contribution is 0.469. The van der Waals surface area contributed by atoms with Gasteiger partial charge in [-0.05, 0) is 59.3 Å². The van der Waals surface area contributed by atoms with Gasteiger partial charge in [0.05, 0.1) is 11.1 Å². The summed E-state index contributed by atoms with van der Waals surface area (Å²) in [6.45, 7) is 0. The maximum absolute atomic E-state index is 12.5. The Morgan fingerprint density at radius 2 is 1.69 bits per heavy atom. The average molecular weight is 443 g/mol. The predicted molar refractivity (Wildman–Crippen MR) is 116 cm³/mol. The molecule has 0 spiro atoms. The summed E-state index contributed by atoms with van der Waals surface area (Å²) in [4.78, 5) is 3.34. The predicted octanol–water partition coefficient (Wildman–Crippen LogP) is 5.55. The SMILES string of the molecule is O=S(=O)(N/N=C/c1ccc(Sc2ccc(Cl)cc2)o1)c1ccc2ccccc2c1. The fourth-order valence-corrected chi connectivity index (χ4v) is 4.35. The zero-order valence-electron chi connectivity index (χ0n) is 14.9. The molecule has 5 nitrogen and oxygen atoms in total. The Balaban J connectivity index is 1.43. The van der Waals surface area contributed by atoms with Gasteiger partial charge < -0.3 is 4.42 Å². The van der Waals surface area contributed by atoms with Gasteiger partial charge in [0.2, 0.25) is 0 Å². The molecule has 0 bridgehead atoms. The Morgan fingerprint density at radius 3 is 2.48 bits per heavy atom. The van der Waals surface area contributed by atoms with Crippen molar-refractivity contribution in [1.29, 1.82) is 0 Å². The molecule has 146 valence electrons. The smallest absolute Gasteiger partial charge is 0.276 e. The highest BCUT2D eigenvalue weighted by atomic mass is 35.5. The summed E-state index contributed by atoms with van der Waals surface area (Å²) in [7, 11) is -3.78. The second-order valence-electron chi connectivity index (χ2n) is 6.07. The summed E-state index contributed by atoms with van der Waals surface area (Å²) in [6, 6.07) is 23.4. The van der Waals surface area contributed by atoms with Crippen molar-refractivity contribution in [2.45, 2.75) is 14.9 Å². The molecule has 0 atom stereocenters. The Hall–Kier alpha value is -2.74. The van der Waals surface area contributed by atoms with Gasteiger partial charge in [0.1, 0.15) is 5.76 Å². The van der Waals surface area contributed by atoms with E-state index in [-0.39, 0.29) is 4.90 Å². The maximum atomic E-state index is 12.5. The molecule has 0 saturated heterocycles. The van der Waals surface area contributed by atoms with Crippen LogP contribution >= 0.6 is 23.4 Å². The number of furan rings is 1. The highest BCUT2D eigenvalue weighted by molar-refractivity contribution is 7.99. The zero-order chi connectivity index (χ0) is 20.3. The van der Waals surface area contributed by atoms with Gasteiger partial charge in [-0.15, -0.1) is 0 Å². The van der Waals surface area contributed by atoms with Gasteiger partial charge in [-0.3, -0.25) is 0 Å². The molecule has 0 saturated carbocycles. The monoisotopic (exact) mass is 442 g/mol. The van der Waals surface area contributed by atoms with E-state index in [0.717, 1.165) is 15.7 Å². The van der Waals surface area contributed by atoms with E-state index < -0.39 is 10.0 Å². The van der Waals surface area contributed by atoms with Crippen molar-refractivity contribution in [3.05, 3.63) is 89.6 Å². The lowest BCUT2D eigenvalue weighted by Crippen LogP contribution is -2.18. The summed E-state index contributed by atoms with van der Waals surface area (Å²) in [5.41, 5.74) is 0. The second-order valence-corrected chi connectivity index (χ2v) is 9.25. The average Bonchev–Trinajstić information content (AvgIpc) is 3.16. The molecule has 1 aromatic heterocycles. The van der Waals surface area contributed by atoms with Crippen LogP contribution in [0, 0.1) is 0 Å². The molecule has 0 amide bonds. The zero-order valence-corrected chi connectivity index (χ0v) is 17.3. The Bertz CT molecular complexity index is 1280. The van der Waals surface area contributed by atoms with Crippen LogP contribution in [0.3, 0.4) is 0 Å². The van der Waals surface area contributed by atoms with E-state index in [2.05, 4.69) is 9.93 Å². The standard InChI is InChI=1S/C21H15ClN2O3S2/c22-17-6-9-19(10-7-17)28-21-12-8-18(27-21)14-23-24-29(25,26)20-11-5-15-3-1-2-4-16(15)13-20/h1-14,24H/b23-14+. The summed E-state index contributed by atoms with van der Waals surface area (Å²) in [5.74, 6) is 0.433. The van der Waals surface area contributed by atoms with Gasteiger partial charge in [0, 0.05) is 9.92 Å². The fourth-order valence-electron chi connectivity index (χ4n) is 2.62. The number of benzene rings is 3. The van der Waals surface area contributed by atoms with Gasteiger partial charge in [0.15, 0.2) is 5.09 Å². The van der Waals surface area contributed by atoms with Gasteiger partial charge in [-0.1, -0.05) is 53.7 Å². The highest BCUT2D eigenvalue weighted by Crippen LogP contribution is 2.29. The van der Waals surface area contributed by atoms with Crippen LogP contribution < -0.4 is 4.83 Å². The summed E-state index contributed by atoms with van der Waals surface area (Å²) < 4.78 is 30.6. The molecular weight excluding hydrogens is 428 g/mol. The van der Waals surface area contributed by atoms with Gasteiger partial charge in [-0.25, -0.2) is 0 Å². The topological polar surface area (TPSA) is 71.7 Å². The first-order valence-electron chi connectivity index (χ1n) is 8.56. The van der Waals surface area contributed by atoms with Crippen LogP contribution in [0.25, 0.3) is 10.8 Å². The molecule has 1 heterocycles. The summed E-state index contributed by atoms with van der Waals surface area (Å²) >= 11 is 7.31. The Morgan fingerprint density at radius 1 is 0.931 bits per heavy atom. The molecule has 1 N–H and O–H groups in total. The third kappa shape index (κ3) is 4.82. The van der Waals surface area contributed by atoms with Crippen LogP contribution in [-0.2, 0) is 10.0 Å². The first kappa shape index (κ1) is 19.6. The molecule has 0 unspecified atom stereocenters. The van der Waals surface area contributed by atoms with E-state index in [9.17, 15) is 8.42 Å². The molecule has 8 heteroatoms. The summed E-state index contributed by atoms with van der Waals surface area (Å²) in [5, 5.41) is 6.95. The van der Waals surface area contributed by atoms with Gasteiger partial charge in [-0.2, -0.15) is 18.4 Å². The molecule has 0 aliphatic rings. The van der Waals surface area contributed by atoms with E-state index >= 15 is 0 Å². The molecule has 29 heavy (non-hydrogen) atoms. The van der Waals surface area contributed by atoms with Crippen molar-refractivity contribution in [2.24, 2.45) is 5.10 Å². The lowest BCUT2D eigenvalue weighted by atomic mass is 10.1. The van der Waals surface area contributed by atoms with Crippen molar-refractivity contribution < 1.29 is 12.8 Å². The van der Waals surface area contributed by atoms with Crippen molar-refractivity contribution in [2.75, 3.05) is 0 Å². The number of halogens is 1. The fraction of sp³-hybridized carbons (Fsp3) is 0. The van der Waals surface area contributed by atoms with Crippen molar-refractivity contribution in [1.82, 2.24) is 4.83 Å². The van der Waals surface area contributed by atoms with E-state index in [1.165, 1.54) is 18.0 Å². The number of nitrogens with one attached hydrogen (secondary N) is 1. The second kappa shape index (κ2) is 8.32. The Kier molecular flexibility index (Phi) is 5.62. The molecular formula is C21H15ClN2O3S2. The van der Waals surface area contributed by atoms with Crippen molar-refractivity contribution in [3.63, 3.8) is 0 Å². The van der Waals surface area contributed by atoms with Crippen molar-refractivity contribution in [3.8, 4) is 0 Å². The minimum absolute atomic E-state index is 0.145. The number of sulfonamides is 1. The molecule has 0 radical (unpaired) electrons. The number of hydrogen-bond acceptors (Lipinski definition) is 5. The van der Waals surface area contributed by atoms with E-state index in [4.69, 9.17) is 16.0 Å². The van der Waals surface area contributed by atoms with E-state index in [1.807, 2.05) is 36.4 Å². The quantitative estimate of drug-likeness (QED) is 0.314. The van der Waals surface area contributed by atoms with Crippen LogP contribution in [0.2, 0.25) is 5.02 Å². The first-order chi connectivity index (χ1) is 14.0. The van der Waals surface area contributed by atoms with Crippen LogP contribution in [0.4, 0.5) is 0 Å². The molecule has 4 rings (SSSR count). The van der Waals surface area contributed by atoms with E-state index in [1.54, 1.807) is 42.5 Å². The number of rotatable bonds is 6. The number of nitrogens with zero attached hydrogens (tertiary/aromatic N) is 1. The maximum Gasteiger partial charge on any atom is 0.276 e. The van der Waals surface area contributed by atoms with E-state index in [0.29, 0.717) is 15.9 Å². The molecule has 3 aromatic carbocycles. The highest BCUT2D eigenvalue weighted by Gasteiger charge is 2.13. The molecule has 0 aliphatic carbocycles. The lowest BCUT2D eigenvalue weighted by Gasteiger charge is -2.04. The number of hydrogen-bond donors (Lipinski definition) is 1. The van der Waals surface area contributed by atoms with Crippen LogP contribution in [-0.4, -0.2) is 14.6 Å². The molecule has 4 aromatic rings. The van der Waals surface area contributed by atoms with Crippen LogP contribution in [0.15, 0.2) is 103 Å².